The van der Waals surface area contributed by atoms with Crippen LogP contribution in [0.2, 0.25) is 0 Å². The Labute approximate surface area is 94.1 Å². The lowest BCUT2D eigenvalue weighted by Crippen LogP contribution is -2.21. The van der Waals surface area contributed by atoms with E-state index in [1.165, 1.54) is 6.42 Å². The third-order valence-electron chi connectivity index (χ3n) is 2.21. The Morgan fingerprint density at radius 3 is 2.62 bits per heavy atom. The van der Waals surface area contributed by atoms with E-state index in [0.29, 0.717) is 11.5 Å². The van der Waals surface area contributed by atoms with Crippen molar-refractivity contribution in [1.82, 2.24) is 20.8 Å². The molecule has 0 aliphatic carbocycles. The number of pyridine rings is 2. The van der Waals surface area contributed by atoms with Crippen molar-refractivity contribution >= 4 is 16.9 Å². The van der Waals surface area contributed by atoms with Crippen LogP contribution in [0.15, 0.2) is 30.5 Å². The number of rotatable bonds is 0. The Kier molecular flexibility index (Phi) is 3.63. The lowest BCUT2D eigenvalue weighted by molar-refractivity contribution is 0.689. The molecule has 2 aromatic heterocycles. The first-order valence-corrected chi connectivity index (χ1v) is 5.29. The van der Waals surface area contributed by atoms with Crippen LogP contribution in [0.5, 0.6) is 0 Å². The van der Waals surface area contributed by atoms with Gasteiger partial charge in [-0.25, -0.2) is 9.97 Å². The lowest BCUT2D eigenvalue weighted by atomic mass is 10.3. The summed E-state index contributed by atoms with van der Waals surface area (Å²) in [5, 5.41) is 1.02. The highest BCUT2D eigenvalue weighted by molar-refractivity contribution is 5.75. The number of fused-ring (bicyclic) bond motifs is 1. The van der Waals surface area contributed by atoms with Gasteiger partial charge in [-0.3, -0.25) is 10.9 Å². The van der Waals surface area contributed by atoms with Crippen LogP contribution in [-0.4, -0.2) is 23.1 Å². The monoisotopic (exact) mass is 217 g/mol. The van der Waals surface area contributed by atoms with E-state index in [9.17, 15) is 0 Å². The molecule has 0 aromatic carbocycles. The number of nitrogens with zero attached hydrogens (tertiary/aromatic N) is 2. The summed E-state index contributed by atoms with van der Waals surface area (Å²) in [5.41, 5.74) is 12.1. The van der Waals surface area contributed by atoms with E-state index in [-0.39, 0.29) is 0 Å². The Balaban J connectivity index is 0.000000162. The van der Waals surface area contributed by atoms with Crippen molar-refractivity contribution in [3.8, 4) is 0 Å². The highest BCUT2D eigenvalue weighted by Gasteiger charge is 1.93. The first-order chi connectivity index (χ1) is 7.86. The fourth-order valence-corrected chi connectivity index (χ4v) is 1.41. The zero-order valence-corrected chi connectivity index (χ0v) is 8.98. The number of hydrazine groups is 1. The molecule has 2 aromatic rings. The summed E-state index contributed by atoms with van der Waals surface area (Å²) in [7, 11) is 0. The maximum absolute atomic E-state index is 5.47. The molecule has 0 unspecified atom stereocenters. The molecular weight excluding hydrogens is 202 g/mol. The molecule has 0 radical (unpaired) electrons. The second-order valence-corrected chi connectivity index (χ2v) is 3.49. The number of hydrogen-bond donors (Lipinski definition) is 3. The quantitative estimate of drug-likeness (QED) is 0.605. The predicted octanol–water partition coefficient (Wildman–Crippen LogP) is 0.696. The van der Waals surface area contributed by atoms with Crippen molar-refractivity contribution < 1.29 is 0 Å². The summed E-state index contributed by atoms with van der Waals surface area (Å²) < 4.78 is 0. The smallest absolute Gasteiger partial charge is 0.161 e. The molecule has 5 heteroatoms. The van der Waals surface area contributed by atoms with Gasteiger partial charge in [0, 0.05) is 24.7 Å². The van der Waals surface area contributed by atoms with E-state index in [0.717, 1.165) is 18.5 Å². The molecule has 0 spiro atoms. The van der Waals surface area contributed by atoms with Crippen molar-refractivity contribution in [1.29, 1.82) is 0 Å². The molecule has 16 heavy (non-hydrogen) atoms. The number of nitrogen functional groups attached to an aromatic ring is 1. The van der Waals surface area contributed by atoms with Crippen LogP contribution < -0.4 is 16.6 Å². The number of hydrogen-bond acceptors (Lipinski definition) is 5. The Hall–Kier alpha value is -1.72. The number of nitrogens with two attached hydrogens (primary N) is 1. The molecule has 1 aliphatic rings. The van der Waals surface area contributed by atoms with Gasteiger partial charge in [-0.1, -0.05) is 0 Å². The van der Waals surface area contributed by atoms with Gasteiger partial charge < -0.3 is 5.73 Å². The Bertz CT molecular complexity index is 445. The summed E-state index contributed by atoms with van der Waals surface area (Å²) in [5.74, 6) is 0.510. The van der Waals surface area contributed by atoms with Gasteiger partial charge in [0.2, 0.25) is 0 Å². The number of aromatic nitrogens is 2. The molecule has 1 aliphatic heterocycles. The van der Waals surface area contributed by atoms with Crippen LogP contribution >= 0.6 is 0 Å². The minimum absolute atomic E-state index is 0.510. The van der Waals surface area contributed by atoms with Gasteiger partial charge in [0.25, 0.3) is 0 Å². The average molecular weight is 217 g/mol. The molecule has 3 rings (SSSR count). The molecule has 0 saturated carbocycles. The van der Waals surface area contributed by atoms with Crippen molar-refractivity contribution in [2.75, 3.05) is 18.8 Å². The number of nitrogens with one attached hydrogen (secondary N) is 2. The van der Waals surface area contributed by atoms with Gasteiger partial charge in [-0.05, 0) is 30.7 Å². The zero-order chi connectivity index (χ0) is 11.2. The Morgan fingerprint density at radius 1 is 1.12 bits per heavy atom. The molecular formula is C11H15N5. The van der Waals surface area contributed by atoms with Crippen molar-refractivity contribution in [2.24, 2.45) is 0 Å². The first-order valence-electron chi connectivity index (χ1n) is 5.29. The predicted molar refractivity (Wildman–Crippen MR) is 64.6 cm³/mol. The third kappa shape index (κ3) is 2.88. The molecule has 5 nitrogen and oxygen atoms in total. The van der Waals surface area contributed by atoms with Crippen molar-refractivity contribution in [2.45, 2.75) is 6.42 Å². The number of anilines is 1. The second kappa shape index (κ2) is 5.39. The van der Waals surface area contributed by atoms with Crippen molar-refractivity contribution in [3.05, 3.63) is 30.5 Å². The van der Waals surface area contributed by atoms with E-state index in [4.69, 9.17) is 5.73 Å². The maximum Gasteiger partial charge on any atom is 0.161 e. The van der Waals surface area contributed by atoms with Crippen LogP contribution in [-0.2, 0) is 0 Å². The van der Waals surface area contributed by atoms with Crippen LogP contribution in [0.25, 0.3) is 11.0 Å². The highest BCUT2D eigenvalue weighted by Crippen LogP contribution is 2.09. The van der Waals surface area contributed by atoms with Crippen LogP contribution in [0, 0.1) is 0 Å². The first kappa shape index (κ1) is 10.8. The average Bonchev–Trinajstić information content (AvgIpc) is 2.87. The molecule has 1 saturated heterocycles. The summed E-state index contributed by atoms with van der Waals surface area (Å²) in [4.78, 5) is 8.09. The van der Waals surface area contributed by atoms with Crippen LogP contribution in [0.1, 0.15) is 6.42 Å². The molecule has 0 bridgehead atoms. The highest BCUT2D eigenvalue weighted by atomic mass is 15.4. The fourth-order valence-electron chi connectivity index (χ4n) is 1.41. The molecule has 84 valence electrons. The van der Waals surface area contributed by atoms with E-state index in [2.05, 4.69) is 20.8 Å². The molecule has 0 amide bonds. The van der Waals surface area contributed by atoms with Gasteiger partial charge in [0.15, 0.2) is 5.65 Å². The summed E-state index contributed by atoms with van der Waals surface area (Å²) >= 11 is 0. The van der Waals surface area contributed by atoms with E-state index < -0.39 is 0 Å². The lowest BCUT2D eigenvalue weighted by Gasteiger charge is -1.94. The third-order valence-corrected chi connectivity index (χ3v) is 2.21. The van der Waals surface area contributed by atoms with Gasteiger partial charge >= 0.3 is 0 Å². The van der Waals surface area contributed by atoms with Crippen molar-refractivity contribution in [3.63, 3.8) is 0 Å². The summed E-state index contributed by atoms with van der Waals surface area (Å²) in [6, 6.07) is 7.50. The standard InChI is InChI=1S/C8H7N3.C3H8N2/c9-7-4-3-6-2-1-5-10-8(6)11-7;1-2-4-5-3-1/h1-5H,(H2,9,10,11);4-5H,1-3H2. The summed E-state index contributed by atoms with van der Waals surface area (Å²) in [6.45, 7) is 2.28. The minimum Gasteiger partial charge on any atom is -0.384 e. The van der Waals surface area contributed by atoms with Gasteiger partial charge in [0.05, 0.1) is 0 Å². The molecule has 3 heterocycles. The van der Waals surface area contributed by atoms with Gasteiger partial charge in [0.1, 0.15) is 5.82 Å². The van der Waals surface area contributed by atoms with E-state index in [1.807, 2.05) is 18.2 Å². The largest absolute Gasteiger partial charge is 0.384 e. The second-order valence-electron chi connectivity index (χ2n) is 3.49. The molecule has 4 N–H and O–H groups in total. The maximum atomic E-state index is 5.47. The van der Waals surface area contributed by atoms with E-state index >= 15 is 0 Å². The fraction of sp³-hybridized carbons (Fsp3) is 0.273. The van der Waals surface area contributed by atoms with E-state index in [1.54, 1.807) is 12.3 Å². The SMILES string of the molecule is C1CNNC1.Nc1ccc2cccnc2n1. The minimum atomic E-state index is 0.510. The summed E-state index contributed by atoms with van der Waals surface area (Å²) in [6.07, 6.45) is 2.98. The Morgan fingerprint density at radius 2 is 1.94 bits per heavy atom. The normalized spacial score (nSPS) is 14.5. The zero-order valence-electron chi connectivity index (χ0n) is 8.98. The topological polar surface area (TPSA) is 75.9 Å². The molecule has 0 atom stereocenters. The van der Waals surface area contributed by atoms with Crippen LogP contribution in [0.4, 0.5) is 5.82 Å². The van der Waals surface area contributed by atoms with Gasteiger partial charge in [-0.2, -0.15) is 0 Å². The molecule has 1 fully saturated rings. The van der Waals surface area contributed by atoms with Crippen LogP contribution in [0.3, 0.4) is 0 Å². The van der Waals surface area contributed by atoms with Gasteiger partial charge in [-0.15, -0.1) is 0 Å².